The van der Waals surface area contributed by atoms with E-state index in [2.05, 4.69) is 31.2 Å². The second-order valence-corrected chi connectivity index (χ2v) is 6.01. The molecule has 1 heterocycles. The van der Waals surface area contributed by atoms with Crippen molar-refractivity contribution in [3.63, 3.8) is 0 Å². The predicted octanol–water partition coefficient (Wildman–Crippen LogP) is 3.13. The van der Waals surface area contributed by atoms with E-state index in [9.17, 15) is 10.1 Å². The van der Waals surface area contributed by atoms with Gasteiger partial charge in [0.1, 0.15) is 5.69 Å². The third-order valence-electron chi connectivity index (χ3n) is 3.41. The molecule has 0 aliphatic carbocycles. The third kappa shape index (κ3) is 3.45. The second-order valence-electron chi connectivity index (χ2n) is 6.01. The Morgan fingerprint density at radius 3 is 2.47 bits per heavy atom. The van der Waals surface area contributed by atoms with Gasteiger partial charge in [0.15, 0.2) is 0 Å². The summed E-state index contributed by atoms with van der Waals surface area (Å²) in [5.41, 5.74) is 0.683. The first-order valence-electron chi connectivity index (χ1n) is 6.65. The van der Waals surface area contributed by atoms with Gasteiger partial charge in [0.2, 0.25) is 5.82 Å². The first-order valence-corrected chi connectivity index (χ1v) is 6.65. The monoisotopic (exact) mass is 268 g/mol. The van der Waals surface area contributed by atoms with Crippen molar-refractivity contribution < 1.29 is 4.92 Å². The molecule has 0 aliphatic heterocycles. The Hall–Kier alpha value is -1.59. The Balaban J connectivity index is 3.16. The van der Waals surface area contributed by atoms with E-state index in [4.69, 9.17) is 0 Å². The molecule has 0 saturated heterocycles. The number of nitrogens with one attached hydrogen (secondary N) is 1. The Kier molecular flexibility index (Phi) is 4.55. The molecule has 0 spiro atoms. The van der Waals surface area contributed by atoms with Gasteiger partial charge in [-0.2, -0.15) is 5.10 Å². The van der Waals surface area contributed by atoms with Gasteiger partial charge >= 0.3 is 5.69 Å². The highest BCUT2D eigenvalue weighted by Crippen LogP contribution is 2.32. The lowest BCUT2D eigenvalue weighted by molar-refractivity contribution is -0.384. The quantitative estimate of drug-likeness (QED) is 0.657. The van der Waals surface area contributed by atoms with Gasteiger partial charge < -0.3 is 5.32 Å². The van der Waals surface area contributed by atoms with Gasteiger partial charge in [-0.05, 0) is 18.8 Å². The van der Waals surface area contributed by atoms with Gasteiger partial charge in [-0.1, -0.05) is 34.1 Å². The minimum Gasteiger partial charge on any atom is -0.362 e. The SMILES string of the molecule is CCCc1nn(C)c(NC(C)C(C)(C)C)c1[N+](=O)[O-]. The Bertz CT molecular complexity index is 460. The van der Waals surface area contributed by atoms with Gasteiger partial charge in [0.05, 0.1) is 4.92 Å². The molecular formula is C13H24N4O2. The summed E-state index contributed by atoms with van der Waals surface area (Å²) in [6.07, 6.45) is 1.46. The van der Waals surface area contributed by atoms with Crippen LogP contribution in [0.1, 0.15) is 46.7 Å². The minimum atomic E-state index is -0.338. The van der Waals surface area contributed by atoms with Crippen molar-refractivity contribution in [1.82, 2.24) is 9.78 Å². The standard InChI is InChI=1S/C13H24N4O2/c1-7-8-10-11(17(18)19)12(16(6)15-10)14-9(2)13(3,4)5/h9,14H,7-8H2,1-6H3. The van der Waals surface area contributed by atoms with Crippen LogP contribution in [0.4, 0.5) is 11.5 Å². The fourth-order valence-corrected chi connectivity index (χ4v) is 1.75. The lowest BCUT2D eigenvalue weighted by Crippen LogP contribution is -2.31. The molecule has 1 atom stereocenters. The molecule has 6 heteroatoms. The molecule has 108 valence electrons. The molecule has 0 fully saturated rings. The minimum absolute atomic E-state index is 0.0169. The molecule has 0 aromatic carbocycles. The Morgan fingerprint density at radius 2 is 2.05 bits per heavy atom. The highest BCUT2D eigenvalue weighted by Gasteiger charge is 2.29. The number of hydrogen-bond donors (Lipinski definition) is 1. The first-order chi connectivity index (χ1) is 8.68. The number of nitro groups is 1. The molecule has 0 aliphatic rings. The van der Waals surface area contributed by atoms with Crippen molar-refractivity contribution in [2.75, 3.05) is 5.32 Å². The third-order valence-corrected chi connectivity index (χ3v) is 3.41. The van der Waals surface area contributed by atoms with Crippen molar-refractivity contribution in [3.05, 3.63) is 15.8 Å². The Labute approximate surface area is 114 Å². The van der Waals surface area contributed by atoms with Gasteiger partial charge in [0.25, 0.3) is 0 Å². The fourth-order valence-electron chi connectivity index (χ4n) is 1.75. The molecule has 1 aromatic rings. The highest BCUT2D eigenvalue weighted by molar-refractivity contribution is 5.60. The molecule has 0 radical (unpaired) electrons. The summed E-state index contributed by atoms with van der Waals surface area (Å²) < 4.78 is 1.57. The van der Waals surface area contributed by atoms with Crippen LogP contribution in [-0.2, 0) is 13.5 Å². The van der Waals surface area contributed by atoms with E-state index in [-0.39, 0.29) is 22.1 Å². The van der Waals surface area contributed by atoms with Crippen molar-refractivity contribution >= 4 is 11.5 Å². The van der Waals surface area contributed by atoms with Crippen LogP contribution in [0.5, 0.6) is 0 Å². The van der Waals surface area contributed by atoms with Crippen molar-refractivity contribution in [2.24, 2.45) is 12.5 Å². The summed E-state index contributed by atoms with van der Waals surface area (Å²) >= 11 is 0. The van der Waals surface area contributed by atoms with Crippen LogP contribution in [0.3, 0.4) is 0 Å². The van der Waals surface area contributed by atoms with E-state index in [0.717, 1.165) is 6.42 Å². The first kappa shape index (κ1) is 15.5. The summed E-state index contributed by atoms with van der Waals surface area (Å²) in [4.78, 5) is 10.9. The van der Waals surface area contributed by atoms with E-state index < -0.39 is 0 Å². The number of aryl methyl sites for hydroxylation is 2. The van der Waals surface area contributed by atoms with E-state index >= 15 is 0 Å². The second kappa shape index (κ2) is 5.59. The van der Waals surface area contributed by atoms with Gasteiger partial charge in [-0.3, -0.25) is 10.1 Å². The van der Waals surface area contributed by atoms with Crippen LogP contribution in [-0.4, -0.2) is 20.7 Å². The molecule has 0 bridgehead atoms. The van der Waals surface area contributed by atoms with Gasteiger partial charge in [-0.25, -0.2) is 4.68 Å². The fraction of sp³-hybridized carbons (Fsp3) is 0.769. The zero-order valence-electron chi connectivity index (χ0n) is 12.6. The zero-order chi connectivity index (χ0) is 14.8. The maximum Gasteiger partial charge on any atom is 0.333 e. The number of hydrogen-bond acceptors (Lipinski definition) is 4. The molecular weight excluding hydrogens is 244 g/mol. The van der Waals surface area contributed by atoms with Gasteiger partial charge in [0, 0.05) is 13.1 Å². The van der Waals surface area contributed by atoms with Crippen molar-refractivity contribution in [3.8, 4) is 0 Å². The largest absolute Gasteiger partial charge is 0.362 e. The average Bonchev–Trinajstić information content (AvgIpc) is 2.54. The molecule has 0 saturated carbocycles. The van der Waals surface area contributed by atoms with Crippen LogP contribution in [0, 0.1) is 15.5 Å². The summed E-state index contributed by atoms with van der Waals surface area (Å²) in [6.45, 7) is 10.3. The summed E-state index contributed by atoms with van der Waals surface area (Å²) in [6, 6.07) is 0.107. The summed E-state index contributed by atoms with van der Waals surface area (Å²) in [5, 5.41) is 18.8. The molecule has 1 unspecified atom stereocenters. The maximum absolute atomic E-state index is 11.3. The normalized spacial score (nSPS) is 13.4. The zero-order valence-corrected chi connectivity index (χ0v) is 12.6. The molecule has 1 N–H and O–H groups in total. The molecule has 19 heavy (non-hydrogen) atoms. The molecule has 1 rings (SSSR count). The number of anilines is 1. The summed E-state index contributed by atoms with van der Waals surface area (Å²) in [7, 11) is 1.74. The number of aromatic nitrogens is 2. The van der Waals surface area contributed by atoms with E-state index in [1.165, 1.54) is 0 Å². The van der Waals surface area contributed by atoms with Crippen LogP contribution in [0.25, 0.3) is 0 Å². The smallest absolute Gasteiger partial charge is 0.333 e. The van der Waals surface area contributed by atoms with Gasteiger partial charge in [-0.15, -0.1) is 0 Å². The van der Waals surface area contributed by atoms with E-state index in [1.54, 1.807) is 11.7 Å². The maximum atomic E-state index is 11.3. The molecule has 6 nitrogen and oxygen atoms in total. The number of nitrogens with zero attached hydrogens (tertiary/aromatic N) is 3. The van der Waals surface area contributed by atoms with Crippen LogP contribution in [0.2, 0.25) is 0 Å². The average molecular weight is 268 g/mol. The Morgan fingerprint density at radius 1 is 1.47 bits per heavy atom. The topological polar surface area (TPSA) is 73.0 Å². The van der Waals surface area contributed by atoms with Crippen LogP contribution < -0.4 is 5.32 Å². The highest BCUT2D eigenvalue weighted by atomic mass is 16.6. The van der Waals surface area contributed by atoms with E-state index in [0.29, 0.717) is 17.9 Å². The van der Waals surface area contributed by atoms with Crippen LogP contribution in [0.15, 0.2) is 0 Å². The molecule has 1 aromatic heterocycles. The van der Waals surface area contributed by atoms with Crippen molar-refractivity contribution in [1.29, 1.82) is 0 Å². The van der Waals surface area contributed by atoms with Crippen molar-refractivity contribution in [2.45, 2.75) is 53.5 Å². The summed E-state index contributed by atoms with van der Waals surface area (Å²) in [5.74, 6) is 0.496. The lowest BCUT2D eigenvalue weighted by atomic mass is 9.88. The molecule has 0 amide bonds. The van der Waals surface area contributed by atoms with Crippen LogP contribution >= 0.6 is 0 Å². The number of rotatable bonds is 5. The lowest BCUT2D eigenvalue weighted by Gasteiger charge is -2.28. The predicted molar refractivity (Wildman–Crippen MR) is 76.4 cm³/mol. The van der Waals surface area contributed by atoms with E-state index in [1.807, 2.05) is 13.8 Å².